The van der Waals surface area contributed by atoms with E-state index in [4.69, 9.17) is 5.26 Å². The number of rotatable bonds is 3. The lowest BCUT2D eigenvalue weighted by atomic mass is 10.0. The van der Waals surface area contributed by atoms with Crippen LogP contribution in [0.3, 0.4) is 0 Å². The van der Waals surface area contributed by atoms with Gasteiger partial charge in [0.25, 0.3) is 0 Å². The second kappa shape index (κ2) is 4.67. The van der Waals surface area contributed by atoms with Crippen LogP contribution in [0.4, 0.5) is 0 Å². The zero-order valence-corrected chi connectivity index (χ0v) is 9.65. The molecule has 2 aromatic rings. The molecule has 0 saturated carbocycles. The smallest absolute Gasteiger partial charge is 0.309 e. The Morgan fingerprint density at radius 3 is 2.94 bits per heavy atom. The second-order valence-electron chi connectivity index (χ2n) is 3.65. The highest BCUT2D eigenvalue weighted by Gasteiger charge is 2.18. The van der Waals surface area contributed by atoms with Gasteiger partial charge in [0.2, 0.25) is 5.78 Å². The molecule has 0 spiro atoms. The van der Waals surface area contributed by atoms with E-state index in [0.717, 1.165) is 0 Å². The van der Waals surface area contributed by atoms with Crippen molar-refractivity contribution in [2.45, 2.75) is 13.3 Å². The van der Waals surface area contributed by atoms with Crippen LogP contribution in [0.25, 0.3) is 0 Å². The number of pyridine rings is 1. The number of nitrogens with zero attached hydrogens (tertiary/aromatic N) is 2. The number of aromatic amines is 2. The average Bonchev–Trinajstić information content (AvgIpc) is 2.79. The molecule has 0 aromatic carbocycles. The van der Waals surface area contributed by atoms with E-state index >= 15 is 0 Å². The third-order valence-electron chi connectivity index (χ3n) is 2.57. The van der Waals surface area contributed by atoms with Crippen molar-refractivity contribution in [1.82, 2.24) is 15.0 Å². The number of carbonyl (C=O) groups excluding carboxylic acids is 1. The minimum Gasteiger partial charge on any atom is -0.309 e. The Labute approximate surface area is 102 Å². The third kappa shape index (κ3) is 1.94. The average molecular weight is 242 g/mol. The molecule has 2 aromatic heterocycles. The number of nitriles is 1. The van der Waals surface area contributed by atoms with Crippen molar-refractivity contribution in [3.05, 3.63) is 51.5 Å². The van der Waals surface area contributed by atoms with E-state index in [-0.39, 0.29) is 22.6 Å². The first-order valence-electron chi connectivity index (χ1n) is 5.37. The van der Waals surface area contributed by atoms with Gasteiger partial charge in [-0.05, 0) is 12.5 Å². The predicted molar refractivity (Wildman–Crippen MR) is 63.2 cm³/mol. The van der Waals surface area contributed by atoms with Crippen LogP contribution in [0.2, 0.25) is 0 Å². The van der Waals surface area contributed by atoms with E-state index < -0.39 is 5.69 Å². The summed E-state index contributed by atoms with van der Waals surface area (Å²) in [5.74, 6) is -0.385. The zero-order chi connectivity index (χ0) is 13.1. The van der Waals surface area contributed by atoms with Crippen LogP contribution in [-0.4, -0.2) is 20.7 Å². The summed E-state index contributed by atoms with van der Waals surface area (Å²) in [5, 5.41) is 8.92. The minimum atomic E-state index is -0.428. The number of imidazole rings is 1. The van der Waals surface area contributed by atoms with Crippen LogP contribution in [0.5, 0.6) is 0 Å². The summed E-state index contributed by atoms with van der Waals surface area (Å²) in [6.45, 7) is 1.83. The third-order valence-corrected chi connectivity index (χ3v) is 2.57. The second-order valence-corrected chi connectivity index (χ2v) is 3.65. The number of hydrogen-bond acceptors (Lipinski definition) is 4. The molecule has 0 radical (unpaired) electrons. The monoisotopic (exact) mass is 242 g/mol. The molecule has 2 rings (SSSR count). The highest BCUT2D eigenvalue weighted by Crippen LogP contribution is 2.13. The van der Waals surface area contributed by atoms with Crippen LogP contribution < -0.4 is 5.69 Å². The number of ketones is 1. The molecule has 0 bridgehead atoms. The van der Waals surface area contributed by atoms with E-state index in [2.05, 4.69) is 15.0 Å². The molecular formula is C12H10N4O2. The number of H-pyrrole nitrogens is 2. The number of nitrogens with one attached hydrogen (secondary N) is 2. The fraction of sp³-hybridized carbons (Fsp3) is 0.167. The van der Waals surface area contributed by atoms with Crippen molar-refractivity contribution >= 4 is 5.78 Å². The molecular weight excluding hydrogens is 232 g/mol. The van der Waals surface area contributed by atoms with Gasteiger partial charge in [0.05, 0.1) is 5.56 Å². The van der Waals surface area contributed by atoms with Gasteiger partial charge in [0.15, 0.2) is 0 Å². The first-order chi connectivity index (χ1) is 8.67. The molecule has 90 valence electrons. The predicted octanol–water partition coefficient (Wildman–Crippen LogP) is 0.763. The van der Waals surface area contributed by atoms with Gasteiger partial charge in [-0.15, -0.1) is 0 Å². The molecule has 0 atom stereocenters. The Balaban J connectivity index is 2.55. The van der Waals surface area contributed by atoms with Crippen molar-refractivity contribution in [3.8, 4) is 6.07 Å². The summed E-state index contributed by atoms with van der Waals surface area (Å²) in [4.78, 5) is 32.3. The van der Waals surface area contributed by atoms with Gasteiger partial charge in [-0.2, -0.15) is 5.26 Å². The van der Waals surface area contributed by atoms with Crippen LogP contribution in [0, 0.1) is 11.3 Å². The van der Waals surface area contributed by atoms with Crippen molar-refractivity contribution in [2.75, 3.05) is 0 Å². The van der Waals surface area contributed by atoms with E-state index in [0.29, 0.717) is 12.1 Å². The van der Waals surface area contributed by atoms with Gasteiger partial charge in [0, 0.05) is 23.7 Å². The highest BCUT2D eigenvalue weighted by molar-refractivity contribution is 6.09. The lowest BCUT2D eigenvalue weighted by Crippen LogP contribution is -2.09. The van der Waals surface area contributed by atoms with E-state index in [1.807, 2.05) is 13.0 Å². The number of hydrogen-bond donors (Lipinski definition) is 2. The summed E-state index contributed by atoms with van der Waals surface area (Å²) in [5.41, 5.74) is 0.725. The first-order valence-corrected chi connectivity index (χ1v) is 5.37. The topological polar surface area (TPSA) is 102 Å². The van der Waals surface area contributed by atoms with Gasteiger partial charge in [0.1, 0.15) is 11.8 Å². The van der Waals surface area contributed by atoms with Crippen LogP contribution in [-0.2, 0) is 6.42 Å². The Hall–Kier alpha value is -2.68. The molecule has 0 fully saturated rings. The largest absolute Gasteiger partial charge is 0.323 e. The molecule has 2 N–H and O–H groups in total. The molecule has 0 saturated heterocycles. The Bertz CT molecular complexity index is 691. The zero-order valence-electron chi connectivity index (χ0n) is 9.65. The van der Waals surface area contributed by atoms with Gasteiger partial charge >= 0.3 is 5.69 Å². The maximum absolute atomic E-state index is 12.3. The quantitative estimate of drug-likeness (QED) is 0.775. The molecule has 0 amide bonds. The fourth-order valence-electron chi connectivity index (χ4n) is 1.69. The normalized spacial score (nSPS) is 10.0. The van der Waals surface area contributed by atoms with Crippen LogP contribution in [0.1, 0.15) is 34.2 Å². The SMILES string of the molecule is CCc1[nH]c(=O)[nH]c1C(=O)c1ccncc1C#N. The lowest BCUT2D eigenvalue weighted by Gasteiger charge is -2.02. The molecule has 0 unspecified atom stereocenters. The molecule has 6 nitrogen and oxygen atoms in total. The van der Waals surface area contributed by atoms with Crippen LogP contribution >= 0.6 is 0 Å². The Morgan fingerprint density at radius 1 is 1.50 bits per heavy atom. The number of aromatic nitrogens is 3. The molecule has 18 heavy (non-hydrogen) atoms. The summed E-state index contributed by atoms with van der Waals surface area (Å²) < 4.78 is 0. The highest BCUT2D eigenvalue weighted by atomic mass is 16.1. The van der Waals surface area contributed by atoms with Gasteiger partial charge < -0.3 is 9.97 Å². The van der Waals surface area contributed by atoms with Crippen LogP contribution in [0.15, 0.2) is 23.3 Å². The van der Waals surface area contributed by atoms with Crippen molar-refractivity contribution in [2.24, 2.45) is 0 Å². The summed E-state index contributed by atoms with van der Waals surface area (Å²) in [6, 6.07) is 3.37. The van der Waals surface area contributed by atoms with E-state index in [1.165, 1.54) is 18.5 Å². The molecule has 2 heterocycles. The van der Waals surface area contributed by atoms with Gasteiger partial charge in [-0.25, -0.2) is 4.79 Å². The molecule has 0 aliphatic heterocycles. The van der Waals surface area contributed by atoms with Gasteiger partial charge in [-0.1, -0.05) is 6.92 Å². The van der Waals surface area contributed by atoms with Gasteiger partial charge in [-0.3, -0.25) is 9.78 Å². The van der Waals surface area contributed by atoms with E-state index in [9.17, 15) is 9.59 Å². The fourth-order valence-corrected chi connectivity index (χ4v) is 1.69. The summed E-state index contributed by atoms with van der Waals surface area (Å²) in [6.07, 6.45) is 3.28. The first kappa shape index (κ1) is 11.8. The number of carbonyl (C=O) groups is 1. The molecule has 0 aliphatic carbocycles. The lowest BCUT2D eigenvalue weighted by molar-refractivity contribution is 0.103. The summed E-state index contributed by atoms with van der Waals surface area (Å²) >= 11 is 0. The standard InChI is InChI=1S/C12H10N4O2/c1-2-9-10(16-12(18)15-9)11(17)8-3-4-14-6-7(8)5-13/h3-4,6H,2H2,1H3,(H2,15,16,18). The Morgan fingerprint density at radius 2 is 2.28 bits per heavy atom. The number of aryl methyl sites for hydroxylation is 1. The van der Waals surface area contributed by atoms with E-state index in [1.54, 1.807) is 0 Å². The maximum atomic E-state index is 12.3. The van der Waals surface area contributed by atoms with Crippen molar-refractivity contribution in [3.63, 3.8) is 0 Å². The molecule has 6 heteroatoms. The van der Waals surface area contributed by atoms with Crippen molar-refractivity contribution < 1.29 is 4.79 Å². The minimum absolute atomic E-state index is 0.187. The summed E-state index contributed by atoms with van der Waals surface area (Å²) in [7, 11) is 0. The molecule has 0 aliphatic rings. The maximum Gasteiger partial charge on any atom is 0.323 e. The Kier molecular flexibility index (Phi) is 3.06. The van der Waals surface area contributed by atoms with Crippen molar-refractivity contribution in [1.29, 1.82) is 5.26 Å².